The summed E-state index contributed by atoms with van der Waals surface area (Å²) in [5.41, 5.74) is 1.00. The number of hydrogen-bond donors (Lipinski definition) is 0. The minimum atomic E-state index is 0.760. The van der Waals surface area contributed by atoms with Crippen molar-refractivity contribution in [2.75, 3.05) is 6.61 Å². The third-order valence-electron chi connectivity index (χ3n) is 1.95. The summed E-state index contributed by atoms with van der Waals surface area (Å²) >= 11 is 1.71. The van der Waals surface area contributed by atoms with Crippen molar-refractivity contribution in [1.29, 1.82) is 0 Å². The average molecular weight is 237 g/mol. The number of para-hydroxylation sites is 1. The summed E-state index contributed by atoms with van der Waals surface area (Å²) in [6, 6.07) is 6.08. The molecule has 0 aliphatic carbocycles. The molecule has 1 aromatic carbocycles. The van der Waals surface area contributed by atoms with Crippen molar-refractivity contribution in [3.05, 3.63) is 23.2 Å². The highest BCUT2D eigenvalue weighted by atomic mass is 32.1. The van der Waals surface area contributed by atoms with Crippen LogP contribution in [0.3, 0.4) is 0 Å². The lowest BCUT2D eigenvalue weighted by Gasteiger charge is -2.03. The molecule has 0 amide bonds. The summed E-state index contributed by atoms with van der Waals surface area (Å²) < 4.78 is 6.83. The third kappa shape index (κ3) is 2.95. The van der Waals surface area contributed by atoms with Gasteiger partial charge >= 0.3 is 0 Å². The number of hydrogen-bond acceptors (Lipinski definition) is 3. The summed E-state index contributed by atoms with van der Waals surface area (Å²) in [5.74, 6) is 0.911. The fourth-order valence-electron chi connectivity index (χ4n) is 1.36. The Balaban J connectivity index is 0.000000606. The van der Waals surface area contributed by atoms with Crippen molar-refractivity contribution in [2.24, 2.45) is 0 Å². The second-order valence-electron chi connectivity index (χ2n) is 3.18. The lowest BCUT2D eigenvalue weighted by molar-refractivity contribution is 0.320. The molecule has 0 unspecified atom stereocenters. The van der Waals surface area contributed by atoms with E-state index in [1.165, 1.54) is 4.70 Å². The molecule has 0 N–H and O–H groups in total. The molecule has 16 heavy (non-hydrogen) atoms. The first-order valence-corrected chi connectivity index (χ1v) is 6.62. The molecule has 0 saturated carbocycles. The number of ether oxygens (including phenoxy) is 1. The van der Waals surface area contributed by atoms with E-state index < -0.39 is 0 Å². The Hall–Kier alpha value is -1.09. The van der Waals surface area contributed by atoms with E-state index in [2.05, 4.69) is 18.0 Å². The van der Waals surface area contributed by atoms with E-state index in [1.54, 1.807) is 11.3 Å². The van der Waals surface area contributed by atoms with Gasteiger partial charge in [0.2, 0.25) is 0 Å². The molecule has 0 spiro atoms. The molecule has 0 atom stereocenters. The normalized spacial score (nSPS) is 9.75. The van der Waals surface area contributed by atoms with Crippen LogP contribution in [-0.2, 0) is 0 Å². The Bertz CT molecular complexity index is 436. The second kappa shape index (κ2) is 6.48. The van der Waals surface area contributed by atoms with Crippen LogP contribution >= 0.6 is 11.3 Å². The summed E-state index contributed by atoms with van der Waals surface area (Å²) in [7, 11) is 0. The fraction of sp³-hybridized carbons (Fsp3) is 0.462. The largest absolute Gasteiger partial charge is 0.491 e. The van der Waals surface area contributed by atoms with Crippen molar-refractivity contribution in [1.82, 2.24) is 4.98 Å². The zero-order chi connectivity index (χ0) is 12.0. The number of aromatic nitrogens is 1. The molecular formula is C13H19NOS. The molecule has 0 aliphatic rings. The van der Waals surface area contributed by atoms with Crippen LogP contribution in [0.15, 0.2) is 18.2 Å². The topological polar surface area (TPSA) is 22.1 Å². The molecule has 1 heterocycles. The highest BCUT2D eigenvalue weighted by Gasteiger charge is 2.05. The predicted octanol–water partition coefficient (Wildman–Crippen LogP) is 4.42. The van der Waals surface area contributed by atoms with Crippen LogP contribution in [0.25, 0.3) is 10.2 Å². The lowest BCUT2D eigenvalue weighted by Crippen LogP contribution is -1.95. The number of thiazole rings is 1. The van der Waals surface area contributed by atoms with Crippen LogP contribution in [0.4, 0.5) is 0 Å². The molecule has 2 aromatic rings. The molecule has 0 bridgehead atoms. The number of fused-ring (bicyclic) bond motifs is 1. The SMILES string of the molecule is CC.CCCOc1cccc2sc(C)nc12. The van der Waals surface area contributed by atoms with Gasteiger partial charge in [0.1, 0.15) is 11.3 Å². The van der Waals surface area contributed by atoms with Gasteiger partial charge in [-0.25, -0.2) is 4.98 Å². The van der Waals surface area contributed by atoms with Crippen LogP contribution in [-0.4, -0.2) is 11.6 Å². The quantitative estimate of drug-likeness (QED) is 0.788. The second-order valence-corrected chi connectivity index (χ2v) is 4.42. The van der Waals surface area contributed by atoms with Crippen LogP contribution in [0, 0.1) is 6.92 Å². The van der Waals surface area contributed by atoms with Crippen molar-refractivity contribution < 1.29 is 4.74 Å². The van der Waals surface area contributed by atoms with E-state index in [9.17, 15) is 0 Å². The van der Waals surface area contributed by atoms with Crippen LogP contribution in [0.2, 0.25) is 0 Å². The first-order chi connectivity index (χ1) is 7.81. The van der Waals surface area contributed by atoms with Gasteiger partial charge in [0.25, 0.3) is 0 Å². The average Bonchev–Trinajstić information content (AvgIpc) is 2.69. The molecule has 0 fully saturated rings. The van der Waals surface area contributed by atoms with Gasteiger partial charge in [-0.05, 0) is 25.5 Å². The number of benzene rings is 1. The first kappa shape index (κ1) is 13.0. The summed E-state index contributed by atoms with van der Waals surface area (Å²) in [6.45, 7) is 8.89. The highest BCUT2D eigenvalue weighted by Crippen LogP contribution is 2.29. The molecule has 2 rings (SSSR count). The van der Waals surface area contributed by atoms with Gasteiger partial charge in [0, 0.05) is 0 Å². The van der Waals surface area contributed by atoms with Crippen LogP contribution in [0.5, 0.6) is 5.75 Å². The van der Waals surface area contributed by atoms with Gasteiger partial charge in [-0.15, -0.1) is 11.3 Å². The molecular weight excluding hydrogens is 218 g/mol. The Morgan fingerprint density at radius 2 is 2.06 bits per heavy atom. The molecule has 0 radical (unpaired) electrons. The maximum absolute atomic E-state index is 5.63. The Kier molecular flexibility index (Phi) is 5.26. The Labute approximate surface area is 101 Å². The number of rotatable bonds is 3. The summed E-state index contributed by atoms with van der Waals surface area (Å²) in [4.78, 5) is 4.46. The predicted molar refractivity (Wildman–Crippen MR) is 71.5 cm³/mol. The number of nitrogens with zero attached hydrogens (tertiary/aromatic N) is 1. The zero-order valence-electron chi connectivity index (χ0n) is 10.4. The minimum Gasteiger partial charge on any atom is -0.491 e. The molecule has 0 saturated heterocycles. The van der Waals surface area contributed by atoms with Crippen molar-refractivity contribution in [3.63, 3.8) is 0 Å². The van der Waals surface area contributed by atoms with E-state index in [1.807, 2.05) is 32.9 Å². The monoisotopic (exact) mass is 237 g/mol. The van der Waals surface area contributed by atoms with Crippen LogP contribution < -0.4 is 4.74 Å². The Morgan fingerprint density at radius 1 is 1.31 bits per heavy atom. The smallest absolute Gasteiger partial charge is 0.146 e. The maximum Gasteiger partial charge on any atom is 0.146 e. The standard InChI is InChI=1S/C11H13NOS.C2H6/c1-3-7-13-9-5-4-6-10-11(9)12-8(2)14-10;1-2/h4-6H,3,7H2,1-2H3;1-2H3. The van der Waals surface area contributed by atoms with Gasteiger partial charge in [0.05, 0.1) is 16.3 Å². The van der Waals surface area contributed by atoms with E-state index >= 15 is 0 Å². The molecule has 0 aliphatic heterocycles. The zero-order valence-corrected chi connectivity index (χ0v) is 11.2. The Morgan fingerprint density at radius 3 is 2.75 bits per heavy atom. The van der Waals surface area contributed by atoms with Gasteiger partial charge < -0.3 is 4.74 Å². The van der Waals surface area contributed by atoms with E-state index in [-0.39, 0.29) is 0 Å². The molecule has 3 heteroatoms. The summed E-state index contributed by atoms with van der Waals surface area (Å²) in [5, 5.41) is 1.09. The van der Waals surface area contributed by atoms with Crippen molar-refractivity contribution in [3.8, 4) is 5.75 Å². The van der Waals surface area contributed by atoms with Crippen LogP contribution in [0.1, 0.15) is 32.2 Å². The number of aryl methyl sites for hydroxylation is 1. The van der Waals surface area contributed by atoms with Gasteiger partial charge in [0.15, 0.2) is 0 Å². The van der Waals surface area contributed by atoms with Crippen molar-refractivity contribution in [2.45, 2.75) is 34.1 Å². The van der Waals surface area contributed by atoms with E-state index in [4.69, 9.17) is 4.74 Å². The fourth-order valence-corrected chi connectivity index (χ4v) is 2.21. The highest BCUT2D eigenvalue weighted by molar-refractivity contribution is 7.18. The van der Waals surface area contributed by atoms with E-state index in [0.717, 1.165) is 29.3 Å². The first-order valence-electron chi connectivity index (χ1n) is 5.80. The van der Waals surface area contributed by atoms with Gasteiger partial charge in [-0.1, -0.05) is 26.8 Å². The van der Waals surface area contributed by atoms with E-state index in [0.29, 0.717) is 0 Å². The van der Waals surface area contributed by atoms with Gasteiger partial charge in [-0.2, -0.15) is 0 Å². The lowest BCUT2D eigenvalue weighted by atomic mass is 10.3. The van der Waals surface area contributed by atoms with Gasteiger partial charge in [-0.3, -0.25) is 0 Å². The third-order valence-corrected chi connectivity index (χ3v) is 2.89. The summed E-state index contributed by atoms with van der Waals surface area (Å²) in [6.07, 6.45) is 1.03. The molecule has 1 aromatic heterocycles. The maximum atomic E-state index is 5.63. The molecule has 88 valence electrons. The minimum absolute atomic E-state index is 0.760. The molecule has 2 nitrogen and oxygen atoms in total. The van der Waals surface area contributed by atoms with Crippen molar-refractivity contribution >= 4 is 21.6 Å².